The highest BCUT2D eigenvalue weighted by molar-refractivity contribution is 5.97. The van der Waals surface area contributed by atoms with Crippen LogP contribution in [0.15, 0.2) is 60.7 Å². The van der Waals surface area contributed by atoms with Crippen molar-refractivity contribution in [2.75, 3.05) is 13.1 Å². The SMILES string of the molecule is CCC(C)C(NC(=O)c1ccccc1)C(=O)NC1CCN(Cc2ccccc2)C1. The van der Waals surface area contributed by atoms with Gasteiger partial charge in [-0.05, 0) is 30.0 Å². The second-order valence-electron chi connectivity index (χ2n) is 7.92. The summed E-state index contributed by atoms with van der Waals surface area (Å²) in [6.07, 6.45) is 1.75. The minimum atomic E-state index is -0.532. The predicted molar refractivity (Wildman–Crippen MR) is 115 cm³/mol. The van der Waals surface area contributed by atoms with E-state index < -0.39 is 6.04 Å². The molecular weight excluding hydrogens is 362 g/mol. The van der Waals surface area contributed by atoms with Gasteiger partial charge in [0.2, 0.25) is 5.91 Å². The van der Waals surface area contributed by atoms with E-state index in [0.717, 1.165) is 32.5 Å². The largest absolute Gasteiger partial charge is 0.350 e. The molecule has 154 valence electrons. The molecule has 1 saturated heterocycles. The number of nitrogens with zero attached hydrogens (tertiary/aromatic N) is 1. The molecule has 1 fully saturated rings. The molecule has 1 heterocycles. The molecule has 0 spiro atoms. The van der Waals surface area contributed by atoms with Crippen molar-refractivity contribution in [3.63, 3.8) is 0 Å². The molecule has 5 nitrogen and oxygen atoms in total. The summed E-state index contributed by atoms with van der Waals surface area (Å²) in [6, 6.07) is 19.0. The van der Waals surface area contributed by atoms with Gasteiger partial charge < -0.3 is 10.6 Å². The summed E-state index contributed by atoms with van der Waals surface area (Å²) in [4.78, 5) is 27.9. The van der Waals surface area contributed by atoms with E-state index in [2.05, 4.69) is 39.8 Å². The Morgan fingerprint density at radius 1 is 1.07 bits per heavy atom. The third kappa shape index (κ3) is 5.91. The van der Waals surface area contributed by atoms with Crippen LogP contribution >= 0.6 is 0 Å². The molecule has 3 rings (SSSR count). The quantitative estimate of drug-likeness (QED) is 0.724. The van der Waals surface area contributed by atoms with Crippen molar-refractivity contribution in [2.24, 2.45) is 5.92 Å². The van der Waals surface area contributed by atoms with Crippen LogP contribution in [0.4, 0.5) is 0 Å². The van der Waals surface area contributed by atoms with Crippen molar-refractivity contribution in [1.82, 2.24) is 15.5 Å². The van der Waals surface area contributed by atoms with Gasteiger partial charge in [0.05, 0.1) is 0 Å². The number of hydrogen-bond donors (Lipinski definition) is 2. The number of rotatable bonds is 8. The monoisotopic (exact) mass is 393 g/mol. The molecule has 3 atom stereocenters. The van der Waals surface area contributed by atoms with E-state index in [0.29, 0.717) is 5.56 Å². The van der Waals surface area contributed by atoms with Crippen molar-refractivity contribution in [2.45, 2.75) is 45.3 Å². The summed E-state index contributed by atoms with van der Waals surface area (Å²) in [6.45, 7) is 6.74. The van der Waals surface area contributed by atoms with Gasteiger partial charge in [-0.25, -0.2) is 0 Å². The molecule has 0 aliphatic carbocycles. The lowest BCUT2D eigenvalue weighted by molar-refractivity contribution is -0.124. The molecule has 0 bridgehead atoms. The van der Waals surface area contributed by atoms with Crippen LogP contribution in [-0.2, 0) is 11.3 Å². The maximum atomic E-state index is 13.0. The van der Waals surface area contributed by atoms with Gasteiger partial charge in [0.15, 0.2) is 0 Å². The van der Waals surface area contributed by atoms with Crippen molar-refractivity contribution in [3.05, 3.63) is 71.8 Å². The van der Waals surface area contributed by atoms with E-state index in [9.17, 15) is 9.59 Å². The van der Waals surface area contributed by atoms with Gasteiger partial charge in [0.1, 0.15) is 6.04 Å². The Hall–Kier alpha value is -2.66. The topological polar surface area (TPSA) is 61.4 Å². The lowest BCUT2D eigenvalue weighted by Crippen LogP contribution is -2.53. The van der Waals surface area contributed by atoms with E-state index >= 15 is 0 Å². The Morgan fingerprint density at radius 2 is 1.72 bits per heavy atom. The van der Waals surface area contributed by atoms with Crippen LogP contribution in [0.25, 0.3) is 0 Å². The minimum absolute atomic E-state index is 0.0597. The molecule has 1 aliphatic heterocycles. The molecule has 5 heteroatoms. The molecule has 2 aromatic rings. The lowest BCUT2D eigenvalue weighted by atomic mass is 9.97. The fourth-order valence-corrected chi connectivity index (χ4v) is 3.74. The molecular formula is C24H31N3O2. The fourth-order valence-electron chi connectivity index (χ4n) is 3.74. The minimum Gasteiger partial charge on any atom is -0.350 e. The van der Waals surface area contributed by atoms with Crippen molar-refractivity contribution >= 4 is 11.8 Å². The van der Waals surface area contributed by atoms with Crippen LogP contribution in [0.3, 0.4) is 0 Å². The van der Waals surface area contributed by atoms with Crippen LogP contribution in [0, 0.1) is 5.92 Å². The number of likely N-dealkylation sites (tertiary alicyclic amines) is 1. The summed E-state index contributed by atoms with van der Waals surface area (Å²) in [7, 11) is 0. The Kier molecular flexibility index (Phi) is 7.42. The van der Waals surface area contributed by atoms with Crippen LogP contribution in [0.1, 0.15) is 42.6 Å². The highest BCUT2D eigenvalue weighted by Gasteiger charge is 2.30. The van der Waals surface area contributed by atoms with Gasteiger partial charge in [-0.1, -0.05) is 68.8 Å². The van der Waals surface area contributed by atoms with Gasteiger partial charge in [-0.2, -0.15) is 0 Å². The Balaban J connectivity index is 1.56. The zero-order valence-corrected chi connectivity index (χ0v) is 17.3. The maximum Gasteiger partial charge on any atom is 0.251 e. The molecule has 0 saturated carbocycles. The van der Waals surface area contributed by atoms with E-state index in [1.165, 1.54) is 5.56 Å². The average molecular weight is 394 g/mol. The predicted octanol–water partition coefficient (Wildman–Crippen LogP) is 3.22. The zero-order valence-electron chi connectivity index (χ0n) is 17.3. The summed E-state index contributed by atoms with van der Waals surface area (Å²) in [5, 5.41) is 6.12. The van der Waals surface area contributed by atoms with Gasteiger partial charge in [-0.15, -0.1) is 0 Å². The normalized spacial score (nSPS) is 18.8. The summed E-state index contributed by atoms with van der Waals surface area (Å²) in [5.74, 6) is -0.233. The Bertz CT molecular complexity index is 794. The second kappa shape index (κ2) is 10.2. The number of carbonyl (C=O) groups excluding carboxylic acids is 2. The third-order valence-corrected chi connectivity index (χ3v) is 5.69. The highest BCUT2D eigenvalue weighted by atomic mass is 16.2. The van der Waals surface area contributed by atoms with Crippen LogP contribution in [0.5, 0.6) is 0 Å². The van der Waals surface area contributed by atoms with Crippen molar-refractivity contribution < 1.29 is 9.59 Å². The first-order chi connectivity index (χ1) is 14.1. The number of carbonyl (C=O) groups is 2. The Labute approximate surface area is 173 Å². The van der Waals surface area contributed by atoms with Gasteiger partial charge >= 0.3 is 0 Å². The molecule has 0 aromatic heterocycles. The van der Waals surface area contributed by atoms with Crippen molar-refractivity contribution in [3.8, 4) is 0 Å². The number of benzene rings is 2. The molecule has 1 aliphatic rings. The van der Waals surface area contributed by atoms with Gasteiger partial charge in [-0.3, -0.25) is 14.5 Å². The average Bonchev–Trinajstić information content (AvgIpc) is 3.19. The summed E-state index contributed by atoms with van der Waals surface area (Å²) < 4.78 is 0. The molecule has 3 unspecified atom stereocenters. The first kappa shape index (κ1) is 21.1. The van der Waals surface area contributed by atoms with E-state index in [1.807, 2.05) is 38.1 Å². The Morgan fingerprint density at radius 3 is 2.38 bits per heavy atom. The first-order valence-corrected chi connectivity index (χ1v) is 10.5. The van der Waals surface area contributed by atoms with Crippen molar-refractivity contribution in [1.29, 1.82) is 0 Å². The molecule has 2 amide bonds. The molecule has 0 radical (unpaired) electrons. The van der Waals surface area contributed by atoms with Crippen LogP contribution in [0.2, 0.25) is 0 Å². The van der Waals surface area contributed by atoms with E-state index in [4.69, 9.17) is 0 Å². The smallest absolute Gasteiger partial charge is 0.251 e. The third-order valence-electron chi connectivity index (χ3n) is 5.69. The zero-order chi connectivity index (χ0) is 20.6. The summed E-state index contributed by atoms with van der Waals surface area (Å²) >= 11 is 0. The first-order valence-electron chi connectivity index (χ1n) is 10.5. The van der Waals surface area contributed by atoms with Crippen LogP contribution in [-0.4, -0.2) is 41.9 Å². The fraction of sp³-hybridized carbons (Fsp3) is 0.417. The number of hydrogen-bond acceptors (Lipinski definition) is 3. The van der Waals surface area contributed by atoms with Crippen LogP contribution < -0.4 is 10.6 Å². The summed E-state index contributed by atoms with van der Waals surface area (Å²) in [5.41, 5.74) is 1.86. The maximum absolute atomic E-state index is 13.0. The van der Waals surface area contributed by atoms with Gasteiger partial charge in [0, 0.05) is 31.2 Å². The number of nitrogens with one attached hydrogen (secondary N) is 2. The van der Waals surface area contributed by atoms with E-state index in [-0.39, 0.29) is 23.8 Å². The molecule has 2 N–H and O–H groups in total. The molecule has 29 heavy (non-hydrogen) atoms. The molecule has 2 aromatic carbocycles. The van der Waals surface area contributed by atoms with Gasteiger partial charge in [0.25, 0.3) is 5.91 Å². The van der Waals surface area contributed by atoms with E-state index in [1.54, 1.807) is 12.1 Å². The standard InChI is InChI=1S/C24H31N3O2/c1-3-18(2)22(26-23(28)20-12-8-5-9-13-20)24(29)25-21-14-15-27(17-21)16-19-10-6-4-7-11-19/h4-13,18,21-22H,3,14-17H2,1-2H3,(H,25,29)(H,26,28). The number of amides is 2. The highest BCUT2D eigenvalue weighted by Crippen LogP contribution is 2.15. The lowest BCUT2D eigenvalue weighted by Gasteiger charge is -2.25. The second-order valence-corrected chi connectivity index (χ2v) is 7.92.